The Morgan fingerprint density at radius 3 is 2.80 bits per heavy atom. The number of pyridine rings is 1. The monoisotopic (exact) mass is 273 g/mol. The molecule has 0 aliphatic heterocycles. The number of nitrogens with two attached hydrogens (primary N) is 1. The fourth-order valence-corrected chi connectivity index (χ4v) is 2.42. The third-order valence-corrected chi connectivity index (χ3v) is 3.32. The highest BCUT2D eigenvalue weighted by atomic mass is 16.5. The third-order valence-electron chi connectivity index (χ3n) is 3.32. The second-order valence-electron chi connectivity index (χ2n) is 5.46. The molecule has 0 unspecified atom stereocenters. The molecule has 0 saturated carbocycles. The summed E-state index contributed by atoms with van der Waals surface area (Å²) >= 11 is 0. The molecule has 0 atom stereocenters. The fourth-order valence-electron chi connectivity index (χ4n) is 2.42. The first-order valence-electron chi connectivity index (χ1n) is 7.02. The summed E-state index contributed by atoms with van der Waals surface area (Å²) in [5, 5.41) is 1.06. The molecule has 4 nitrogen and oxygen atoms in total. The van der Waals surface area contributed by atoms with Crippen molar-refractivity contribution in [1.82, 2.24) is 4.98 Å². The van der Waals surface area contributed by atoms with Crippen molar-refractivity contribution in [2.45, 2.75) is 26.7 Å². The van der Waals surface area contributed by atoms with Gasteiger partial charge >= 0.3 is 0 Å². The number of nitrogens with one attached hydrogen (secondary N) is 1. The van der Waals surface area contributed by atoms with E-state index in [0.29, 0.717) is 12.5 Å². The molecular weight excluding hydrogens is 250 g/mol. The first-order valence-corrected chi connectivity index (χ1v) is 7.02. The zero-order valence-corrected chi connectivity index (χ0v) is 12.4. The lowest BCUT2D eigenvalue weighted by molar-refractivity contribution is 0.202. The highest BCUT2D eigenvalue weighted by Crippen LogP contribution is 2.26. The summed E-state index contributed by atoms with van der Waals surface area (Å²) in [5.41, 5.74) is 7.03. The molecule has 0 aliphatic rings. The summed E-state index contributed by atoms with van der Waals surface area (Å²) in [5.74, 6) is 6.23. The van der Waals surface area contributed by atoms with Crippen LogP contribution in [0.25, 0.3) is 10.9 Å². The van der Waals surface area contributed by atoms with Crippen LogP contribution in [0.5, 0.6) is 0 Å². The number of nitrogen functional groups attached to an aromatic ring is 1. The van der Waals surface area contributed by atoms with Crippen LogP contribution in [0, 0.1) is 5.92 Å². The van der Waals surface area contributed by atoms with Gasteiger partial charge in [-0.15, -0.1) is 0 Å². The predicted octanol–water partition coefficient (Wildman–Crippen LogP) is 2.91. The van der Waals surface area contributed by atoms with Gasteiger partial charge in [0, 0.05) is 18.2 Å². The molecule has 0 saturated heterocycles. The number of hydrogen-bond donors (Lipinski definition) is 2. The van der Waals surface area contributed by atoms with Gasteiger partial charge in [0.25, 0.3) is 0 Å². The van der Waals surface area contributed by atoms with E-state index in [1.54, 1.807) is 7.11 Å². The van der Waals surface area contributed by atoms with Crippen LogP contribution in [0.4, 0.5) is 5.69 Å². The number of hydrazine groups is 1. The average Bonchev–Trinajstić information content (AvgIpc) is 2.43. The molecule has 0 bridgehead atoms. The molecule has 20 heavy (non-hydrogen) atoms. The first-order chi connectivity index (χ1) is 9.65. The minimum Gasteiger partial charge on any atom is -0.384 e. The van der Waals surface area contributed by atoms with Crippen LogP contribution in [-0.4, -0.2) is 18.7 Å². The zero-order chi connectivity index (χ0) is 14.5. The van der Waals surface area contributed by atoms with Gasteiger partial charge in [0.15, 0.2) is 0 Å². The number of benzene rings is 1. The second-order valence-corrected chi connectivity index (χ2v) is 5.46. The molecule has 2 rings (SSSR count). The summed E-state index contributed by atoms with van der Waals surface area (Å²) < 4.78 is 5.18. The molecule has 4 heteroatoms. The van der Waals surface area contributed by atoms with Gasteiger partial charge in [-0.2, -0.15) is 0 Å². The van der Waals surface area contributed by atoms with E-state index in [0.717, 1.165) is 35.1 Å². The number of methoxy groups -OCH3 is 1. The van der Waals surface area contributed by atoms with Crippen molar-refractivity contribution in [1.29, 1.82) is 0 Å². The highest BCUT2D eigenvalue weighted by molar-refractivity contribution is 5.93. The van der Waals surface area contributed by atoms with E-state index < -0.39 is 0 Å². The number of hydrogen-bond acceptors (Lipinski definition) is 4. The molecule has 0 radical (unpaired) electrons. The van der Waals surface area contributed by atoms with Crippen molar-refractivity contribution >= 4 is 16.6 Å². The van der Waals surface area contributed by atoms with Crippen LogP contribution in [0.1, 0.15) is 25.1 Å². The van der Waals surface area contributed by atoms with Crippen molar-refractivity contribution in [3.05, 3.63) is 35.5 Å². The lowest BCUT2D eigenvalue weighted by atomic mass is 10.0. The van der Waals surface area contributed by atoms with Crippen molar-refractivity contribution in [3.8, 4) is 0 Å². The van der Waals surface area contributed by atoms with E-state index in [1.165, 1.54) is 5.56 Å². The molecule has 1 heterocycles. The maximum Gasteiger partial charge on any atom is 0.0759 e. The Kier molecular flexibility index (Phi) is 4.93. The number of fused-ring (bicyclic) bond motifs is 1. The van der Waals surface area contributed by atoms with Gasteiger partial charge in [-0.3, -0.25) is 10.8 Å². The van der Waals surface area contributed by atoms with Gasteiger partial charge in [-0.1, -0.05) is 32.0 Å². The summed E-state index contributed by atoms with van der Waals surface area (Å²) in [6.07, 6.45) is 1.80. The van der Waals surface area contributed by atoms with Crippen molar-refractivity contribution in [3.63, 3.8) is 0 Å². The molecule has 1 aromatic heterocycles. The topological polar surface area (TPSA) is 60.2 Å². The molecule has 0 fully saturated rings. The molecule has 1 aromatic carbocycles. The molecule has 2 aromatic rings. The summed E-state index contributed by atoms with van der Waals surface area (Å²) in [6.45, 7) is 5.08. The van der Waals surface area contributed by atoms with E-state index in [9.17, 15) is 0 Å². The second kappa shape index (κ2) is 6.68. The minimum atomic E-state index is 0.566. The smallest absolute Gasteiger partial charge is 0.0759 e. The van der Waals surface area contributed by atoms with Gasteiger partial charge in [0.1, 0.15) is 0 Å². The van der Waals surface area contributed by atoms with Gasteiger partial charge < -0.3 is 10.2 Å². The lowest BCUT2D eigenvalue weighted by Gasteiger charge is -2.13. The average molecular weight is 273 g/mol. The maximum absolute atomic E-state index is 5.66. The number of aromatic nitrogens is 1. The van der Waals surface area contributed by atoms with Crippen LogP contribution >= 0.6 is 0 Å². The van der Waals surface area contributed by atoms with E-state index in [1.807, 2.05) is 18.2 Å². The van der Waals surface area contributed by atoms with E-state index in [-0.39, 0.29) is 0 Å². The van der Waals surface area contributed by atoms with Crippen molar-refractivity contribution in [2.75, 3.05) is 19.1 Å². The van der Waals surface area contributed by atoms with Crippen LogP contribution in [0.2, 0.25) is 0 Å². The van der Waals surface area contributed by atoms with Crippen LogP contribution in [-0.2, 0) is 17.6 Å². The fraction of sp³-hybridized carbons (Fsp3) is 0.438. The Hall–Kier alpha value is -1.65. The lowest BCUT2D eigenvalue weighted by Crippen LogP contribution is -2.10. The van der Waals surface area contributed by atoms with E-state index in [2.05, 4.69) is 25.3 Å². The molecule has 0 aliphatic carbocycles. The molecule has 0 spiro atoms. The number of nitrogens with zero attached hydrogens (tertiary/aromatic N) is 1. The van der Waals surface area contributed by atoms with Crippen LogP contribution < -0.4 is 11.3 Å². The molecule has 0 amide bonds. The maximum atomic E-state index is 5.66. The first kappa shape index (κ1) is 14.8. The molecule has 3 N–H and O–H groups in total. The number of rotatable bonds is 6. The zero-order valence-electron chi connectivity index (χ0n) is 12.4. The number of para-hydroxylation sites is 1. The van der Waals surface area contributed by atoms with Gasteiger partial charge in [0.2, 0.25) is 0 Å². The third kappa shape index (κ3) is 3.26. The quantitative estimate of drug-likeness (QED) is 0.627. The predicted molar refractivity (Wildman–Crippen MR) is 83.7 cm³/mol. The number of ether oxygens (including phenoxy) is 1. The Morgan fingerprint density at radius 2 is 2.15 bits per heavy atom. The van der Waals surface area contributed by atoms with Gasteiger partial charge in [0.05, 0.1) is 17.8 Å². The van der Waals surface area contributed by atoms with Crippen LogP contribution in [0.3, 0.4) is 0 Å². The Bertz CT molecular complexity index is 581. The normalized spacial score (nSPS) is 11.2. The minimum absolute atomic E-state index is 0.566. The van der Waals surface area contributed by atoms with Crippen molar-refractivity contribution < 1.29 is 4.74 Å². The van der Waals surface area contributed by atoms with Crippen molar-refractivity contribution in [2.24, 2.45) is 11.8 Å². The Balaban J connectivity index is 2.53. The van der Waals surface area contributed by atoms with Gasteiger partial charge in [-0.05, 0) is 30.4 Å². The summed E-state index contributed by atoms with van der Waals surface area (Å²) in [6, 6.07) is 8.24. The largest absolute Gasteiger partial charge is 0.384 e. The van der Waals surface area contributed by atoms with E-state index >= 15 is 0 Å². The standard InChI is InChI=1S/C16H23N3O/c1-11(2)9-13-10-15(19-17)14-6-4-5-12(7-8-20-3)16(14)18-13/h4-6,10-11H,7-9,17H2,1-3H3,(H,18,19). The van der Waals surface area contributed by atoms with Gasteiger partial charge in [-0.25, -0.2) is 0 Å². The highest BCUT2D eigenvalue weighted by Gasteiger charge is 2.10. The Labute approximate surface area is 120 Å². The SMILES string of the molecule is COCCc1cccc2c(NN)cc(CC(C)C)nc12. The summed E-state index contributed by atoms with van der Waals surface area (Å²) in [7, 11) is 1.72. The summed E-state index contributed by atoms with van der Waals surface area (Å²) in [4.78, 5) is 4.83. The molecule has 108 valence electrons. The number of anilines is 1. The van der Waals surface area contributed by atoms with E-state index in [4.69, 9.17) is 15.6 Å². The molecular formula is C16H23N3O. The Morgan fingerprint density at radius 1 is 1.35 bits per heavy atom. The van der Waals surface area contributed by atoms with Crippen LogP contribution in [0.15, 0.2) is 24.3 Å².